The number of carbonyl (C=O) groups is 2. The summed E-state index contributed by atoms with van der Waals surface area (Å²) in [6, 6.07) is -0.0664. The Morgan fingerprint density at radius 1 is 1.29 bits per heavy atom. The molecule has 0 aromatic rings. The molecule has 0 aliphatic heterocycles. The fraction of sp³-hybridized carbons (Fsp3) is 0.867. The third-order valence-electron chi connectivity index (χ3n) is 3.57. The van der Waals surface area contributed by atoms with Crippen LogP contribution in [0.2, 0.25) is 0 Å². The summed E-state index contributed by atoms with van der Waals surface area (Å²) in [6.07, 6.45) is 3.53. The van der Waals surface area contributed by atoms with Gasteiger partial charge in [-0.15, -0.1) is 11.6 Å². The molecule has 2 amide bonds. The van der Waals surface area contributed by atoms with Gasteiger partial charge >= 0.3 is 6.09 Å². The average molecular weight is 319 g/mol. The average Bonchev–Trinajstić information content (AvgIpc) is 2.39. The van der Waals surface area contributed by atoms with Crippen LogP contribution in [0, 0.1) is 0 Å². The topological polar surface area (TPSA) is 58.6 Å². The van der Waals surface area contributed by atoms with E-state index >= 15 is 0 Å². The smallest absolute Gasteiger partial charge is 0.410 e. The molecule has 0 bridgehead atoms. The summed E-state index contributed by atoms with van der Waals surface area (Å²) in [6.45, 7) is 8.05. The fourth-order valence-corrected chi connectivity index (χ4v) is 2.79. The Bertz CT molecular complexity index is 368. The van der Waals surface area contributed by atoms with E-state index in [0.29, 0.717) is 6.54 Å². The number of likely N-dealkylation sites (N-methyl/N-ethyl adjacent to an activating group) is 1. The van der Waals surface area contributed by atoms with E-state index in [1.54, 1.807) is 4.90 Å². The molecule has 0 aromatic heterocycles. The molecule has 0 spiro atoms. The van der Waals surface area contributed by atoms with E-state index in [1.807, 2.05) is 27.7 Å². The molecular weight excluding hydrogens is 292 g/mol. The number of halogens is 1. The first-order valence-corrected chi connectivity index (χ1v) is 8.17. The van der Waals surface area contributed by atoms with Crippen LogP contribution in [0.1, 0.15) is 53.4 Å². The third-order valence-corrected chi connectivity index (χ3v) is 3.81. The molecule has 2 atom stereocenters. The summed E-state index contributed by atoms with van der Waals surface area (Å²) >= 11 is 5.56. The summed E-state index contributed by atoms with van der Waals surface area (Å²) in [5.41, 5.74) is -0.520. The van der Waals surface area contributed by atoms with Gasteiger partial charge in [0.15, 0.2) is 0 Å². The Hall–Kier alpha value is -0.970. The Labute approximate surface area is 132 Å². The molecule has 0 saturated heterocycles. The second-order valence-corrected chi connectivity index (χ2v) is 6.69. The standard InChI is InChI=1S/C15H27ClN2O3/c1-5-18(14(20)21-15(2,3)4)12-9-7-6-8-11(12)17-13(19)10-16/h11-12H,5-10H2,1-4H3,(H,17,19)/t11-,12-/m1/s1. The number of carbonyl (C=O) groups excluding carboxylic acids is 2. The van der Waals surface area contributed by atoms with Gasteiger partial charge in [-0.05, 0) is 40.5 Å². The second kappa shape index (κ2) is 7.87. The fourth-order valence-electron chi connectivity index (χ4n) is 2.72. The molecule has 0 unspecified atom stereocenters. The lowest BCUT2D eigenvalue weighted by Gasteiger charge is -2.40. The van der Waals surface area contributed by atoms with Gasteiger partial charge in [-0.1, -0.05) is 12.8 Å². The van der Waals surface area contributed by atoms with Crippen molar-refractivity contribution < 1.29 is 14.3 Å². The second-order valence-electron chi connectivity index (χ2n) is 6.43. The summed E-state index contributed by atoms with van der Waals surface area (Å²) in [5.74, 6) is -0.240. The van der Waals surface area contributed by atoms with Crippen molar-refractivity contribution in [1.29, 1.82) is 0 Å². The summed E-state index contributed by atoms with van der Waals surface area (Å²) in [7, 11) is 0. The van der Waals surface area contributed by atoms with Crippen LogP contribution in [0.3, 0.4) is 0 Å². The zero-order valence-corrected chi connectivity index (χ0v) is 14.2. The van der Waals surface area contributed by atoms with Gasteiger partial charge < -0.3 is 15.0 Å². The number of amides is 2. The van der Waals surface area contributed by atoms with Crippen LogP contribution >= 0.6 is 11.6 Å². The summed E-state index contributed by atoms with van der Waals surface area (Å²) in [5, 5.41) is 2.93. The highest BCUT2D eigenvalue weighted by Gasteiger charge is 2.34. The Morgan fingerprint density at radius 2 is 1.90 bits per heavy atom. The van der Waals surface area contributed by atoms with E-state index in [2.05, 4.69) is 5.32 Å². The first kappa shape index (κ1) is 18.1. The molecule has 1 rings (SSSR count). The number of hydrogen-bond acceptors (Lipinski definition) is 3. The van der Waals surface area contributed by atoms with Crippen molar-refractivity contribution in [1.82, 2.24) is 10.2 Å². The molecule has 1 N–H and O–H groups in total. The van der Waals surface area contributed by atoms with Crippen molar-refractivity contribution >= 4 is 23.6 Å². The highest BCUT2D eigenvalue weighted by atomic mass is 35.5. The molecule has 1 aliphatic carbocycles. The van der Waals surface area contributed by atoms with E-state index in [0.717, 1.165) is 25.7 Å². The van der Waals surface area contributed by atoms with Crippen LogP contribution < -0.4 is 5.32 Å². The lowest BCUT2D eigenvalue weighted by Crippen LogP contribution is -2.56. The maximum atomic E-state index is 12.4. The number of alkyl halides is 1. The van der Waals surface area contributed by atoms with Gasteiger partial charge in [-0.2, -0.15) is 0 Å². The van der Waals surface area contributed by atoms with Gasteiger partial charge in [0, 0.05) is 12.6 Å². The molecule has 1 saturated carbocycles. The van der Waals surface area contributed by atoms with Crippen LogP contribution in [-0.4, -0.2) is 47.0 Å². The number of hydrogen-bond donors (Lipinski definition) is 1. The van der Waals surface area contributed by atoms with Crippen molar-refractivity contribution in [3.63, 3.8) is 0 Å². The predicted molar refractivity (Wildman–Crippen MR) is 83.5 cm³/mol. The van der Waals surface area contributed by atoms with Gasteiger partial charge in [0.2, 0.25) is 5.91 Å². The molecule has 5 nitrogen and oxygen atoms in total. The van der Waals surface area contributed by atoms with Crippen LogP contribution in [-0.2, 0) is 9.53 Å². The molecule has 122 valence electrons. The van der Waals surface area contributed by atoms with Gasteiger partial charge in [0.1, 0.15) is 11.5 Å². The summed E-state index contributed by atoms with van der Waals surface area (Å²) < 4.78 is 5.47. The molecule has 1 aliphatic rings. The Morgan fingerprint density at radius 3 is 2.43 bits per heavy atom. The van der Waals surface area contributed by atoms with E-state index in [-0.39, 0.29) is 30.0 Å². The van der Waals surface area contributed by atoms with E-state index in [1.165, 1.54) is 0 Å². The van der Waals surface area contributed by atoms with E-state index < -0.39 is 5.60 Å². The quantitative estimate of drug-likeness (QED) is 0.811. The normalized spacial score (nSPS) is 22.5. The Balaban J connectivity index is 2.79. The van der Waals surface area contributed by atoms with Crippen LogP contribution in [0.4, 0.5) is 4.79 Å². The van der Waals surface area contributed by atoms with Gasteiger partial charge in [-0.25, -0.2) is 4.79 Å². The van der Waals surface area contributed by atoms with Crippen LogP contribution in [0.15, 0.2) is 0 Å². The van der Waals surface area contributed by atoms with Gasteiger partial charge in [-0.3, -0.25) is 4.79 Å². The van der Waals surface area contributed by atoms with Crippen molar-refractivity contribution in [2.45, 2.75) is 71.1 Å². The zero-order chi connectivity index (χ0) is 16.0. The minimum atomic E-state index is -0.520. The van der Waals surface area contributed by atoms with Crippen molar-refractivity contribution in [2.24, 2.45) is 0 Å². The maximum Gasteiger partial charge on any atom is 0.410 e. The minimum Gasteiger partial charge on any atom is -0.444 e. The lowest BCUT2D eigenvalue weighted by molar-refractivity contribution is -0.120. The first-order valence-electron chi connectivity index (χ1n) is 7.63. The molecular formula is C15H27ClN2O3. The van der Waals surface area contributed by atoms with Crippen LogP contribution in [0.25, 0.3) is 0 Å². The Kier molecular flexibility index (Phi) is 6.78. The molecule has 1 fully saturated rings. The number of ether oxygens (including phenoxy) is 1. The van der Waals surface area contributed by atoms with Crippen molar-refractivity contribution in [2.75, 3.05) is 12.4 Å². The molecule has 0 radical (unpaired) electrons. The number of nitrogens with one attached hydrogen (secondary N) is 1. The molecule has 0 aromatic carbocycles. The zero-order valence-electron chi connectivity index (χ0n) is 13.4. The third kappa shape index (κ3) is 5.73. The lowest BCUT2D eigenvalue weighted by atomic mass is 9.89. The summed E-state index contributed by atoms with van der Waals surface area (Å²) in [4.78, 5) is 25.6. The van der Waals surface area contributed by atoms with Crippen molar-refractivity contribution in [3.8, 4) is 0 Å². The minimum absolute atomic E-state index is 0.0224. The highest BCUT2D eigenvalue weighted by Crippen LogP contribution is 2.25. The predicted octanol–water partition coefficient (Wildman–Crippen LogP) is 2.91. The number of nitrogens with zero attached hydrogens (tertiary/aromatic N) is 1. The monoisotopic (exact) mass is 318 g/mol. The van der Waals surface area contributed by atoms with Crippen LogP contribution in [0.5, 0.6) is 0 Å². The van der Waals surface area contributed by atoms with E-state index in [4.69, 9.17) is 16.3 Å². The first-order chi connectivity index (χ1) is 9.78. The molecule has 0 heterocycles. The molecule has 6 heteroatoms. The van der Waals surface area contributed by atoms with E-state index in [9.17, 15) is 9.59 Å². The highest BCUT2D eigenvalue weighted by molar-refractivity contribution is 6.27. The largest absolute Gasteiger partial charge is 0.444 e. The maximum absolute atomic E-state index is 12.4. The van der Waals surface area contributed by atoms with Gasteiger partial charge in [0.05, 0.1) is 6.04 Å². The number of rotatable bonds is 4. The SMILES string of the molecule is CCN(C(=O)OC(C)(C)C)[C@@H]1CCCC[C@H]1NC(=O)CCl. The van der Waals surface area contributed by atoms with Crippen molar-refractivity contribution in [3.05, 3.63) is 0 Å². The molecule has 21 heavy (non-hydrogen) atoms. The van der Waals surface area contributed by atoms with Gasteiger partial charge in [0.25, 0.3) is 0 Å².